The fourth-order valence-corrected chi connectivity index (χ4v) is 2.22. The summed E-state index contributed by atoms with van der Waals surface area (Å²) < 4.78 is 4.95. The number of aryl methyl sites for hydroxylation is 1. The van der Waals surface area contributed by atoms with Crippen LogP contribution in [0.5, 0.6) is 0 Å². The minimum Gasteiger partial charge on any atom is -0.295 e. The van der Waals surface area contributed by atoms with Crippen LogP contribution in [0.15, 0.2) is 47.5 Å². The zero-order chi connectivity index (χ0) is 12.5. The van der Waals surface area contributed by atoms with Gasteiger partial charge in [0, 0.05) is 27.7 Å². The molecule has 2 heterocycles. The monoisotopic (exact) mass is 304 g/mol. The molecule has 0 atom stereocenters. The summed E-state index contributed by atoms with van der Waals surface area (Å²) in [6, 6.07) is 8.07. The first kappa shape index (κ1) is 11.2. The SMILES string of the molecule is C[n+]1cn[nH]c1-c1nccn1-c1cccc(Br)c1. The van der Waals surface area contributed by atoms with Gasteiger partial charge in [-0.2, -0.15) is 0 Å². The van der Waals surface area contributed by atoms with Gasteiger partial charge in [-0.05, 0) is 18.2 Å². The van der Waals surface area contributed by atoms with Crippen molar-refractivity contribution in [2.24, 2.45) is 7.05 Å². The Bertz CT molecular complexity index is 685. The van der Waals surface area contributed by atoms with Crippen molar-refractivity contribution < 1.29 is 4.57 Å². The second-order valence-electron chi connectivity index (χ2n) is 3.92. The summed E-state index contributed by atoms with van der Waals surface area (Å²) in [7, 11) is 1.93. The molecule has 0 fully saturated rings. The second kappa shape index (κ2) is 4.38. The maximum atomic E-state index is 4.38. The Labute approximate surface area is 112 Å². The Balaban J connectivity index is 2.16. The molecule has 3 rings (SSSR count). The lowest BCUT2D eigenvalue weighted by Crippen LogP contribution is -2.28. The van der Waals surface area contributed by atoms with Crippen LogP contribution < -0.4 is 4.57 Å². The number of nitrogens with zero attached hydrogens (tertiary/aromatic N) is 4. The molecule has 1 aromatic carbocycles. The maximum absolute atomic E-state index is 4.38. The van der Waals surface area contributed by atoms with E-state index in [0.717, 1.165) is 21.8 Å². The Hall–Kier alpha value is -1.95. The van der Waals surface area contributed by atoms with Crippen LogP contribution in [0.3, 0.4) is 0 Å². The van der Waals surface area contributed by atoms with Gasteiger partial charge in [-0.3, -0.25) is 4.57 Å². The van der Waals surface area contributed by atoms with Gasteiger partial charge in [0.1, 0.15) is 0 Å². The van der Waals surface area contributed by atoms with E-state index in [-0.39, 0.29) is 0 Å². The van der Waals surface area contributed by atoms with Gasteiger partial charge in [-0.25, -0.2) is 9.55 Å². The highest BCUT2D eigenvalue weighted by Gasteiger charge is 2.17. The third-order valence-corrected chi connectivity index (χ3v) is 3.19. The standard InChI is InChI=1S/C12H10BrN5/c1-17-8-15-16-12(17)11-14-5-6-18(11)10-4-2-3-9(13)7-10/h2-8H,1H3/p+1. The lowest BCUT2D eigenvalue weighted by atomic mass is 10.3. The highest BCUT2D eigenvalue weighted by atomic mass is 79.9. The molecule has 18 heavy (non-hydrogen) atoms. The number of aromatic nitrogens is 5. The van der Waals surface area contributed by atoms with Gasteiger partial charge in [0.2, 0.25) is 5.82 Å². The van der Waals surface area contributed by atoms with Gasteiger partial charge in [0.05, 0.1) is 7.05 Å². The van der Waals surface area contributed by atoms with Crippen molar-refractivity contribution in [2.75, 3.05) is 0 Å². The fourth-order valence-electron chi connectivity index (χ4n) is 1.83. The topological polar surface area (TPSA) is 50.4 Å². The smallest absolute Gasteiger partial charge is 0.295 e. The Morgan fingerprint density at radius 3 is 3.00 bits per heavy atom. The number of hydrogen-bond acceptors (Lipinski definition) is 2. The maximum Gasteiger partial charge on any atom is 0.301 e. The first-order chi connectivity index (χ1) is 8.75. The average Bonchev–Trinajstić information content (AvgIpc) is 2.96. The van der Waals surface area contributed by atoms with Crippen molar-refractivity contribution in [3.63, 3.8) is 0 Å². The number of nitrogens with one attached hydrogen (secondary N) is 1. The fraction of sp³-hybridized carbons (Fsp3) is 0.0833. The minimum atomic E-state index is 0.827. The number of hydrogen-bond donors (Lipinski definition) is 1. The predicted octanol–water partition coefficient (Wildman–Crippen LogP) is 1.85. The molecule has 2 aromatic heterocycles. The van der Waals surface area contributed by atoms with Crippen molar-refractivity contribution in [2.45, 2.75) is 0 Å². The van der Waals surface area contributed by atoms with Gasteiger partial charge in [-0.1, -0.05) is 22.0 Å². The Kier molecular flexibility index (Phi) is 2.71. The van der Waals surface area contributed by atoms with E-state index >= 15 is 0 Å². The summed E-state index contributed by atoms with van der Waals surface area (Å²) >= 11 is 3.48. The van der Waals surface area contributed by atoms with Gasteiger partial charge >= 0.3 is 5.82 Å². The molecule has 0 bridgehead atoms. The molecule has 0 saturated carbocycles. The van der Waals surface area contributed by atoms with Gasteiger partial charge < -0.3 is 0 Å². The molecule has 0 aliphatic rings. The number of H-pyrrole nitrogens is 1. The van der Waals surface area contributed by atoms with E-state index < -0.39 is 0 Å². The molecule has 0 aliphatic heterocycles. The van der Waals surface area contributed by atoms with E-state index in [1.807, 2.05) is 46.6 Å². The predicted molar refractivity (Wildman–Crippen MR) is 70.0 cm³/mol. The van der Waals surface area contributed by atoms with Crippen LogP contribution in [0, 0.1) is 0 Å². The van der Waals surface area contributed by atoms with Crippen LogP contribution in [-0.4, -0.2) is 19.7 Å². The molecule has 3 aromatic rings. The van der Waals surface area contributed by atoms with Crippen molar-refractivity contribution in [3.05, 3.63) is 47.5 Å². The molecule has 0 spiro atoms. The van der Waals surface area contributed by atoms with Crippen LogP contribution in [0.1, 0.15) is 0 Å². The van der Waals surface area contributed by atoms with E-state index in [2.05, 4.69) is 31.1 Å². The number of aromatic amines is 1. The number of rotatable bonds is 2. The van der Waals surface area contributed by atoms with Crippen molar-refractivity contribution in [3.8, 4) is 17.3 Å². The first-order valence-electron chi connectivity index (χ1n) is 5.44. The summed E-state index contributed by atoms with van der Waals surface area (Å²) in [5.41, 5.74) is 1.05. The van der Waals surface area contributed by atoms with E-state index in [9.17, 15) is 0 Å². The lowest BCUT2D eigenvalue weighted by Gasteiger charge is -2.05. The molecule has 0 radical (unpaired) electrons. The van der Waals surface area contributed by atoms with Crippen molar-refractivity contribution in [1.82, 2.24) is 19.7 Å². The van der Waals surface area contributed by atoms with Crippen LogP contribution in [0.25, 0.3) is 17.3 Å². The van der Waals surface area contributed by atoms with Crippen LogP contribution >= 0.6 is 15.9 Å². The zero-order valence-corrected chi connectivity index (χ0v) is 11.3. The van der Waals surface area contributed by atoms with Crippen LogP contribution in [0.4, 0.5) is 0 Å². The third-order valence-electron chi connectivity index (χ3n) is 2.69. The summed E-state index contributed by atoms with van der Waals surface area (Å²) in [6.45, 7) is 0. The number of benzene rings is 1. The summed E-state index contributed by atoms with van der Waals surface area (Å²) in [4.78, 5) is 4.38. The number of imidazole rings is 1. The molecule has 0 saturated heterocycles. The van der Waals surface area contributed by atoms with Crippen molar-refractivity contribution in [1.29, 1.82) is 0 Å². The highest BCUT2D eigenvalue weighted by molar-refractivity contribution is 9.10. The van der Waals surface area contributed by atoms with Crippen LogP contribution in [0.2, 0.25) is 0 Å². The molecule has 5 nitrogen and oxygen atoms in total. The van der Waals surface area contributed by atoms with E-state index in [1.54, 1.807) is 12.5 Å². The molecule has 0 amide bonds. The second-order valence-corrected chi connectivity index (χ2v) is 4.83. The lowest BCUT2D eigenvalue weighted by molar-refractivity contribution is -0.660. The minimum absolute atomic E-state index is 0.827. The zero-order valence-electron chi connectivity index (χ0n) is 9.71. The van der Waals surface area contributed by atoms with Crippen molar-refractivity contribution >= 4 is 15.9 Å². The van der Waals surface area contributed by atoms with E-state index in [1.165, 1.54) is 0 Å². The third kappa shape index (κ3) is 1.84. The van der Waals surface area contributed by atoms with E-state index in [0.29, 0.717) is 0 Å². The highest BCUT2D eigenvalue weighted by Crippen LogP contribution is 2.20. The van der Waals surface area contributed by atoms with Gasteiger partial charge in [0.15, 0.2) is 0 Å². The molecule has 0 aliphatic carbocycles. The number of halogens is 1. The molecule has 1 N–H and O–H groups in total. The molecular weight excluding hydrogens is 294 g/mol. The summed E-state index contributed by atoms with van der Waals surface area (Å²) in [6.07, 6.45) is 5.42. The molecule has 0 unspecified atom stereocenters. The summed E-state index contributed by atoms with van der Waals surface area (Å²) in [5, 5.41) is 6.96. The largest absolute Gasteiger partial charge is 0.301 e. The Morgan fingerprint density at radius 2 is 2.28 bits per heavy atom. The molecule has 6 heteroatoms. The normalized spacial score (nSPS) is 10.8. The van der Waals surface area contributed by atoms with Gasteiger partial charge in [-0.15, -0.1) is 5.10 Å². The van der Waals surface area contributed by atoms with Gasteiger partial charge in [0.25, 0.3) is 6.33 Å². The molecular formula is C12H11BrN5+. The first-order valence-corrected chi connectivity index (χ1v) is 6.23. The average molecular weight is 305 g/mol. The van der Waals surface area contributed by atoms with E-state index in [4.69, 9.17) is 0 Å². The quantitative estimate of drug-likeness (QED) is 0.735. The van der Waals surface area contributed by atoms with Crippen LogP contribution in [-0.2, 0) is 7.05 Å². The Morgan fingerprint density at radius 1 is 1.39 bits per heavy atom. The summed E-state index contributed by atoms with van der Waals surface area (Å²) in [5.74, 6) is 1.69. The molecule has 90 valence electrons.